The normalized spacial score (nSPS) is 11.4. The number of nitrogens with two attached hydrogens (primary N) is 1. The van der Waals surface area contributed by atoms with Crippen LogP contribution in [0.15, 0.2) is 28.6 Å². The van der Waals surface area contributed by atoms with E-state index in [9.17, 15) is 12.8 Å². The molecule has 0 amide bonds. The van der Waals surface area contributed by atoms with Gasteiger partial charge in [0.1, 0.15) is 5.82 Å². The molecule has 1 aromatic heterocycles. The summed E-state index contributed by atoms with van der Waals surface area (Å²) in [5.74, 6) is -0.440. The first kappa shape index (κ1) is 12.7. The van der Waals surface area contributed by atoms with E-state index in [4.69, 9.17) is 5.73 Å². The number of rotatable bonds is 3. The van der Waals surface area contributed by atoms with Crippen LogP contribution in [0.2, 0.25) is 0 Å². The van der Waals surface area contributed by atoms with E-state index in [0.29, 0.717) is 5.69 Å². The van der Waals surface area contributed by atoms with Crippen molar-refractivity contribution in [3.05, 3.63) is 30.1 Å². The first-order chi connectivity index (χ1) is 8.41. The molecule has 0 fully saturated rings. The van der Waals surface area contributed by atoms with Crippen LogP contribution in [0.4, 0.5) is 15.2 Å². The number of hydrogen-bond donors (Lipinski definition) is 1. The van der Waals surface area contributed by atoms with Gasteiger partial charge in [-0.2, -0.15) is 8.42 Å². The maximum Gasteiger partial charge on any atom is 0.293 e. The van der Waals surface area contributed by atoms with Gasteiger partial charge in [-0.3, -0.25) is 4.31 Å². The van der Waals surface area contributed by atoms with E-state index in [2.05, 4.69) is 10.2 Å². The van der Waals surface area contributed by atoms with Gasteiger partial charge in [0.25, 0.3) is 14.4 Å². The number of anilines is 2. The molecule has 0 bridgehead atoms. The van der Waals surface area contributed by atoms with Gasteiger partial charge in [-0.15, -0.1) is 10.2 Å². The monoisotopic (exact) mass is 288 g/mol. The molecule has 0 spiro atoms. The third-order valence-electron chi connectivity index (χ3n) is 2.19. The summed E-state index contributed by atoms with van der Waals surface area (Å²) in [5, 5.41) is 7.02. The number of halogens is 1. The highest BCUT2D eigenvalue weighted by atomic mass is 32.2. The van der Waals surface area contributed by atoms with Gasteiger partial charge in [-0.25, -0.2) is 4.39 Å². The lowest BCUT2D eigenvalue weighted by atomic mass is 10.3. The van der Waals surface area contributed by atoms with E-state index in [0.717, 1.165) is 15.6 Å². The summed E-state index contributed by atoms with van der Waals surface area (Å²) in [6.45, 7) is 0. The van der Waals surface area contributed by atoms with Gasteiger partial charge in [-0.05, 0) is 24.3 Å². The highest BCUT2D eigenvalue weighted by Crippen LogP contribution is 2.24. The highest BCUT2D eigenvalue weighted by molar-refractivity contribution is 7.94. The molecule has 2 N–H and O–H groups in total. The standard InChI is InChI=1S/C9H9FN4O2S2/c1-14(7-4-2-6(10)3-5-7)18(15,16)9-13-12-8(11)17-9/h2-5H,1H3,(H2,11,12). The number of benzene rings is 1. The van der Waals surface area contributed by atoms with E-state index in [-0.39, 0.29) is 9.47 Å². The number of aromatic nitrogens is 2. The Hall–Kier alpha value is -1.74. The smallest absolute Gasteiger partial charge is 0.293 e. The van der Waals surface area contributed by atoms with E-state index in [1.807, 2.05) is 0 Å². The van der Waals surface area contributed by atoms with Gasteiger partial charge < -0.3 is 5.73 Å². The summed E-state index contributed by atoms with van der Waals surface area (Å²) in [6.07, 6.45) is 0. The van der Waals surface area contributed by atoms with Gasteiger partial charge in [0.15, 0.2) is 0 Å². The van der Waals surface area contributed by atoms with Crippen LogP contribution in [-0.4, -0.2) is 25.7 Å². The molecule has 0 aliphatic carbocycles. The molecule has 0 atom stereocenters. The van der Waals surface area contributed by atoms with Crippen molar-refractivity contribution in [1.29, 1.82) is 0 Å². The zero-order chi connectivity index (χ0) is 13.3. The minimum Gasteiger partial charge on any atom is -0.374 e. The summed E-state index contributed by atoms with van der Waals surface area (Å²) >= 11 is 0.773. The molecule has 1 heterocycles. The molecular formula is C9H9FN4O2S2. The van der Waals surface area contributed by atoms with Crippen molar-refractivity contribution >= 4 is 32.2 Å². The second-order valence-electron chi connectivity index (χ2n) is 3.36. The Bertz CT molecular complexity index is 653. The lowest BCUT2D eigenvalue weighted by molar-refractivity contribution is 0.592. The van der Waals surface area contributed by atoms with Crippen LogP contribution < -0.4 is 10.0 Å². The first-order valence-electron chi connectivity index (χ1n) is 4.75. The Morgan fingerprint density at radius 3 is 2.39 bits per heavy atom. The fourth-order valence-electron chi connectivity index (χ4n) is 1.23. The predicted octanol–water partition coefficient (Wildman–Crippen LogP) is 1.08. The molecule has 2 aromatic rings. The van der Waals surface area contributed by atoms with Gasteiger partial charge in [0, 0.05) is 7.05 Å². The van der Waals surface area contributed by atoms with Crippen molar-refractivity contribution in [1.82, 2.24) is 10.2 Å². The minimum absolute atomic E-state index is 0.0704. The predicted molar refractivity (Wildman–Crippen MR) is 66.3 cm³/mol. The second kappa shape index (κ2) is 4.50. The molecule has 0 saturated heterocycles. The third kappa shape index (κ3) is 2.27. The van der Waals surface area contributed by atoms with Gasteiger partial charge >= 0.3 is 0 Å². The Morgan fingerprint density at radius 2 is 1.89 bits per heavy atom. The summed E-state index contributed by atoms with van der Waals surface area (Å²) in [5.41, 5.74) is 5.67. The summed E-state index contributed by atoms with van der Waals surface area (Å²) < 4.78 is 37.8. The zero-order valence-electron chi connectivity index (χ0n) is 9.24. The van der Waals surface area contributed by atoms with Crippen LogP contribution in [-0.2, 0) is 10.0 Å². The summed E-state index contributed by atoms with van der Waals surface area (Å²) in [7, 11) is -2.46. The molecule has 0 saturated carbocycles. The highest BCUT2D eigenvalue weighted by Gasteiger charge is 2.25. The fraction of sp³-hybridized carbons (Fsp3) is 0.111. The molecule has 6 nitrogen and oxygen atoms in total. The minimum atomic E-state index is -3.81. The average molecular weight is 288 g/mol. The Kier molecular flexibility index (Phi) is 3.18. The summed E-state index contributed by atoms with van der Waals surface area (Å²) in [6, 6.07) is 5.07. The fourth-order valence-corrected chi connectivity index (χ4v) is 3.36. The van der Waals surface area contributed by atoms with E-state index in [1.54, 1.807) is 0 Å². The molecule has 0 unspecified atom stereocenters. The molecule has 2 rings (SSSR count). The van der Waals surface area contributed by atoms with Crippen LogP contribution in [0.5, 0.6) is 0 Å². The maximum atomic E-state index is 12.8. The van der Waals surface area contributed by atoms with Crippen molar-refractivity contribution in [3.63, 3.8) is 0 Å². The average Bonchev–Trinajstić information content (AvgIpc) is 2.76. The Balaban J connectivity index is 2.39. The molecule has 0 aliphatic rings. The van der Waals surface area contributed by atoms with E-state index >= 15 is 0 Å². The van der Waals surface area contributed by atoms with E-state index < -0.39 is 15.8 Å². The second-order valence-corrected chi connectivity index (χ2v) is 6.51. The van der Waals surface area contributed by atoms with Gasteiger partial charge in [0.2, 0.25) is 5.13 Å². The van der Waals surface area contributed by atoms with Crippen molar-refractivity contribution < 1.29 is 12.8 Å². The Morgan fingerprint density at radius 1 is 1.28 bits per heavy atom. The zero-order valence-corrected chi connectivity index (χ0v) is 10.9. The molecule has 0 radical (unpaired) electrons. The lowest BCUT2D eigenvalue weighted by Gasteiger charge is -2.17. The number of nitrogens with zero attached hydrogens (tertiary/aromatic N) is 3. The van der Waals surface area contributed by atoms with Crippen molar-refractivity contribution in [2.24, 2.45) is 0 Å². The van der Waals surface area contributed by atoms with Crippen molar-refractivity contribution in [3.8, 4) is 0 Å². The van der Waals surface area contributed by atoms with Crippen LogP contribution in [0.25, 0.3) is 0 Å². The number of hydrogen-bond acceptors (Lipinski definition) is 6. The third-order valence-corrected chi connectivity index (χ3v) is 5.08. The van der Waals surface area contributed by atoms with Crippen molar-refractivity contribution in [2.75, 3.05) is 17.1 Å². The molecule has 96 valence electrons. The lowest BCUT2D eigenvalue weighted by Crippen LogP contribution is -2.26. The van der Waals surface area contributed by atoms with Gasteiger partial charge in [-0.1, -0.05) is 11.3 Å². The van der Waals surface area contributed by atoms with Gasteiger partial charge in [0.05, 0.1) is 5.69 Å². The molecule has 9 heteroatoms. The molecule has 1 aromatic carbocycles. The number of sulfonamides is 1. The SMILES string of the molecule is CN(c1ccc(F)cc1)S(=O)(=O)c1nnc(N)s1. The topological polar surface area (TPSA) is 89.2 Å². The van der Waals surface area contributed by atoms with Crippen LogP contribution in [0.1, 0.15) is 0 Å². The largest absolute Gasteiger partial charge is 0.374 e. The molecule has 0 aliphatic heterocycles. The van der Waals surface area contributed by atoms with Crippen LogP contribution in [0, 0.1) is 5.82 Å². The van der Waals surface area contributed by atoms with Crippen molar-refractivity contribution in [2.45, 2.75) is 4.34 Å². The quantitative estimate of drug-likeness (QED) is 0.913. The van der Waals surface area contributed by atoms with Crippen LogP contribution in [0.3, 0.4) is 0 Å². The molecule has 18 heavy (non-hydrogen) atoms. The summed E-state index contributed by atoms with van der Waals surface area (Å²) in [4.78, 5) is 0. The van der Waals surface area contributed by atoms with Crippen LogP contribution >= 0.6 is 11.3 Å². The Labute approximate surface area is 107 Å². The first-order valence-corrected chi connectivity index (χ1v) is 7.00. The number of nitrogen functional groups attached to an aromatic ring is 1. The molecular weight excluding hydrogens is 279 g/mol. The van der Waals surface area contributed by atoms with E-state index in [1.165, 1.54) is 31.3 Å². The maximum absolute atomic E-state index is 12.8.